The smallest absolute Gasteiger partial charge is 0.138 e. The van der Waals surface area contributed by atoms with Gasteiger partial charge in [-0.25, -0.2) is 0 Å². The highest BCUT2D eigenvalue weighted by molar-refractivity contribution is 7.99. The zero-order valence-electron chi connectivity index (χ0n) is 34.4. The summed E-state index contributed by atoms with van der Waals surface area (Å²) in [5.41, 5.74) is 0. The van der Waals surface area contributed by atoms with Gasteiger partial charge in [0.25, 0.3) is 0 Å². The fraction of sp³-hybridized carbons (Fsp3) is 0.902. The quantitative estimate of drug-likeness (QED) is 0.0968. The first-order chi connectivity index (χ1) is 22.3. The first-order valence-electron chi connectivity index (χ1n) is 18.7. The fourth-order valence-electron chi connectivity index (χ4n) is 3.96. The predicted octanol–water partition coefficient (Wildman–Crippen LogP) is 11.2. The van der Waals surface area contributed by atoms with E-state index in [2.05, 4.69) is 69.2 Å². The average Bonchev–Trinajstić information content (AvgIpc) is 2.99. The summed E-state index contributed by atoms with van der Waals surface area (Å²) >= 11 is 3.70. The highest BCUT2D eigenvalue weighted by Gasteiger charge is 2.16. The molecule has 6 nitrogen and oxygen atoms in total. The molecule has 0 bridgehead atoms. The molecule has 0 aliphatic carbocycles. The third-order valence-electron chi connectivity index (χ3n) is 6.92. The molecule has 0 heterocycles. The molecule has 0 aliphatic rings. The summed E-state index contributed by atoms with van der Waals surface area (Å²) in [5.74, 6) is 8.23. The maximum atomic E-state index is 11.4. The number of ketones is 4. The Morgan fingerprint density at radius 1 is 0.429 bits per heavy atom. The summed E-state index contributed by atoms with van der Waals surface area (Å²) in [6.07, 6.45) is 2.83. The first kappa shape index (κ1) is 57.6. The van der Waals surface area contributed by atoms with E-state index in [9.17, 15) is 19.2 Å². The topological polar surface area (TPSA) is 86.7 Å². The van der Waals surface area contributed by atoms with Crippen molar-refractivity contribution in [3.8, 4) is 0 Å². The molecule has 0 N–H and O–H groups in total. The van der Waals surface area contributed by atoms with E-state index in [-0.39, 0.29) is 31.1 Å². The second-order valence-electron chi connectivity index (χ2n) is 14.5. The molecular formula is C41H84O6S2. The Balaban J connectivity index is -0.000000174. The van der Waals surface area contributed by atoms with Crippen LogP contribution in [-0.2, 0) is 28.7 Å². The Morgan fingerprint density at radius 3 is 0.837 bits per heavy atom. The molecule has 0 aliphatic heterocycles. The molecular weight excluding hydrogens is 653 g/mol. The van der Waals surface area contributed by atoms with Crippen LogP contribution in [0, 0.1) is 47.3 Å². The number of ether oxygens (including phenoxy) is 2. The molecule has 0 amide bonds. The number of hydrogen-bond acceptors (Lipinski definition) is 8. The van der Waals surface area contributed by atoms with Crippen molar-refractivity contribution in [2.75, 3.05) is 49.4 Å². The van der Waals surface area contributed by atoms with Crippen molar-refractivity contribution in [1.82, 2.24) is 0 Å². The van der Waals surface area contributed by atoms with Crippen LogP contribution in [-0.4, -0.2) is 72.6 Å². The van der Waals surface area contributed by atoms with E-state index in [0.717, 1.165) is 35.9 Å². The maximum Gasteiger partial charge on any atom is 0.138 e. The van der Waals surface area contributed by atoms with Crippen molar-refractivity contribution in [3.63, 3.8) is 0 Å². The van der Waals surface area contributed by atoms with Crippen LogP contribution in [0.2, 0.25) is 0 Å². The van der Waals surface area contributed by atoms with Crippen molar-refractivity contribution in [2.24, 2.45) is 47.3 Å². The van der Waals surface area contributed by atoms with E-state index < -0.39 is 0 Å². The van der Waals surface area contributed by atoms with Crippen molar-refractivity contribution in [3.05, 3.63) is 0 Å². The van der Waals surface area contributed by atoms with E-state index in [1.54, 1.807) is 0 Å². The van der Waals surface area contributed by atoms with Crippen molar-refractivity contribution in [1.29, 1.82) is 0 Å². The molecule has 0 rings (SSSR count). The van der Waals surface area contributed by atoms with E-state index in [1.807, 2.05) is 65.1 Å². The molecule has 0 saturated carbocycles. The van der Waals surface area contributed by atoms with Crippen LogP contribution < -0.4 is 0 Å². The lowest BCUT2D eigenvalue weighted by Crippen LogP contribution is -2.18. The van der Waals surface area contributed by atoms with Crippen LogP contribution in [0.4, 0.5) is 0 Å². The van der Waals surface area contributed by atoms with Gasteiger partial charge in [-0.05, 0) is 49.0 Å². The third kappa shape index (κ3) is 43.4. The van der Waals surface area contributed by atoms with E-state index in [4.69, 9.17) is 9.47 Å². The van der Waals surface area contributed by atoms with Crippen LogP contribution in [0.25, 0.3) is 0 Å². The lowest BCUT2D eigenvalue weighted by molar-refractivity contribution is -0.125. The van der Waals surface area contributed by atoms with Crippen molar-refractivity contribution >= 4 is 46.7 Å². The Bertz CT molecular complexity index is 654. The molecule has 4 atom stereocenters. The molecule has 0 aromatic carbocycles. The zero-order chi connectivity index (χ0) is 38.2. The first-order valence-corrected chi connectivity index (χ1v) is 21.0. The molecule has 49 heavy (non-hydrogen) atoms. The fourth-order valence-corrected chi connectivity index (χ4v) is 5.51. The summed E-state index contributed by atoms with van der Waals surface area (Å²) in [7, 11) is 0. The Kier molecular flexibility index (Phi) is 45.3. The lowest BCUT2D eigenvalue weighted by Gasteiger charge is -2.11. The molecule has 0 radical (unpaired) electrons. The number of Topliss-reactive ketones (excluding diaryl/α,β-unsaturated/α-hetero) is 4. The molecule has 296 valence electrons. The van der Waals surface area contributed by atoms with Gasteiger partial charge in [-0.3, -0.25) is 19.2 Å². The van der Waals surface area contributed by atoms with E-state index in [0.29, 0.717) is 86.1 Å². The second-order valence-corrected chi connectivity index (χ2v) is 17.1. The summed E-state index contributed by atoms with van der Waals surface area (Å²) in [5, 5.41) is 0. The van der Waals surface area contributed by atoms with Crippen LogP contribution >= 0.6 is 23.5 Å². The largest absolute Gasteiger partial charge is 0.381 e. The summed E-state index contributed by atoms with van der Waals surface area (Å²) in [4.78, 5) is 45.7. The maximum absolute atomic E-state index is 11.4. The number of rotatable bonds is 24. The number of hydrogen-bond donors (Lipinski definition) is 0. The van der Waals surface area contributed by atoms with Crippen LogP contribution in [0.15, 0.2) is 0 Å². The normalized spacial score (nSPS) is 13.1. The second kappa shape index (κ2) is 38.5. The van der Waals surface area contributed by atoms with Gasteiger partial charge in [-0.15, -0.1) is 0 Å². The molecule has 4 unspecified atom stereocenters. The van der Waals surface area contributed by atoms with Gasteiger partial charge in [0.05, 0.1) is 13.2 Å². The molecule has 0 aromatic heterocycles. The van der Waals surface area contributed by atoms with Gasteiger partial charge in [0.15, 0.2) is 0 Å². The van der Waals surface area contributed by atoms with Crippen LogP contribution in [0.5, 0.6) is 0 Å². The third-order valence-corrected chi connectivity index (χ3v) is 9.21. The average molecular weight is 737 g/mol. The van der Waals surface area contributed by atoms with E-state index in [1.165, 1.54) is 0 Å². The minimum atomic E-state index is 0. The van der Waals surface area contributed by atoms with Crippen molar-refractivity contribution < 1.29 is 28.7 Å². The standard InChI is InChI=1S/2C10H20O2.2C10H20OS.CH4/c4*1-5-12-7-9(4)10(11)6-8(2)3;/h4*8-9H,5-7H2,1-4H3;1H4. The van der Waals surface area contributed by atoms with Gasteiger partial charge >= 0.3 is 0 Å². The monoisotopic (exact) mass is 737 g/mol. The van der Waals surface area contributed by atoms with Gasteiger partial charge in [0.1, 0.15) is 23.1 Å². The summed E-state index contributed by atoms with van der Waals surface area (Å²) < 4.78 is 10.4. The Labute approximate surface area is 314 Å². The summed E-state index contributed by atoms with van der Waals surface area (Å²) in [6.45, 7) is 35.2. The molecule has 0 fully saturated rings. The highest BCUT2D eigenvalue weighted by Crippen LogP contribution is 2.14. The minimum Gasteiger partial charge on any atom is -0.381 e. The molecule has 8 heteroatoms. The predicted molar refractivity (Wildman–Crippen MR) is 220 cm³/mol. The van der Waals surface area contributed by atoms with Gasteiger partial charge in [0.2, 0.25) is 0 Å². The molecule has 0 spiro atoms. The zero-order valence-corrected chi connectivity index (χ0v) is 36.0. The van der Waals surface area contributed by atoms with Gasteiger partial charge in [0, 0.05) is 74.1 Å². The molecule has 0 aromatic rings. The van der Waals surface area contributed by atoms with Gasteiger partial charge in [-0.1, -0.05) is 104 Å². The Morgan fingerprint density at radius 2 is 0.653 bits per heavy atom. The summed E-state index contributed by atoms with van der Waals surface area (Å²) in [6, 6.07) is 0. The van der Waals surface area contributed by atoms with Crippen LogP contribution in [0.1, 0.15) is 144 Å². The van der Waals surface area contributed by atoms with E-state index >= 15 is 0 Å². The SMILES string of the molecule is C.CCOCC(C)C(=O)CC(C)C.CCOCC(C)C(=O)CC(C)C.CCSCC(C)C(=O)CC(C)C.CCSCC(C)C(=O)CC(C)C. The highest BCUT2D eigenvalue weighted by atomic mass is 32.2. The Hall–Kier alpha value is -0.700. The van der Waals surface area contributed by atoms with Crippen molar-refractivity contribution in [2.45, 2.75) is 144 Å². The van der Waals surface area contributed by atoms with Crippen LogP contribution in [0.3, 0.4) is 0 Å². The number of carbonyl (C=O) groups is 4. The molecule has 0 saturated heterocycles. The number of carbonyl (C=O) groups excluding carboxylic acids is 4. The minimum absolute atomic E-state index is 0. The lowest BCUT2D eigenvalue weighted by atomic mass is 9.98. The van der Waals surface area contributed by atoms with Gasteiger partial charge < -0.3 is 9.47 Å². The number of thioether (sulfide) groups is 2. The van der Waals surface area contributed by atoms with Gasteiger partial charge in [-0.2, -0.15) is 23.5 Å².